The quantitative estimate of drug-likeness (QED) is 0.546. The minimum Gasteiger partial charge on any atom is -0.495 e. The molecule has 1 amide bonds. The lowest BCUT2D eigenvalue weighted by Gasteiger charge is -2.25. The van der Waals surface area contributed by atoms with E-state index in [-0.39, 0.29) is 16.3 Å². The van der Waals surface area contributed by atoms with Crippen molar-refractivity contribution >= 4 is 27.3 Å². The summed E-state index contributed by atoms with van der Waals surface area (Å²) in [5, 5.41) is 2.70. The van der Waals surface area contributed by atoms with Gasteiger partial charge in [0.05, 0.1) is 30.9 Å². The largest absolute Gasteiger partial charge is 0.495 e. The van der Waals surface area contributed by atoms with Gasteiger partial charge in [-0.1, -0.05) is 12.1 Å². The van der Waals surface area contributed by atoms with Gasteiger partial charge < -0.3 is 19.5 Å². The molecule has 1 aliphatic rings. The van der Waals surface area contributed by atoms with Gasteiger partial charge in [0.2, 0.25) is 5.91 Å². The van der Waals surface area contributed by atoms with Crippen LogP contribution in [-0.2, 0) is 14.8 Å². The van der Waals surface area contributed by atoms with Crippen LogP contribution in [0.4, 0.5) is 15.8 Å². The summed E-state index contributed by atoms with van der Waals surface area (Å²) in [5.74, 6) is 0.165. The summed E-state index contributed by atoms with van der Waals surface area (Å²) in [4.78, 5) is 12.8. The van der Waals surface area contributed by atoms with Crippen LogP contribution in [0.5, 0.6) is 17.2 Å². The predicted octanol–water partition coefficient (Wildman–Crippen LogP) is 3.83. The minimum absolute atomic E-state index is 0.164. The Morgan fingerprint density at radius 3 is 2.47 bits per heavy atom. The number of carbonyl (C=O) groups is 1. The SMILES string of the molecule is COc1ccccc1N(CC(=O)Nc1ccc2c(c1)OCCCO2)S(=O)(=O)c1ccc(F)cc1. The number of hydrogen-bond donors (Lipinski definition) is 1. The zero-order valence-corrected chi connectivity index (χ0v) is 19.2. The Hall–Kier alpha value is -3.79. The van der Waals surface area contributed by atoms with Gasteiger partial charge in [0.15, 0.2) is 11.5 Å². The second-order valence-electron chi connectivity index (χ2n) is 7.40. The maximum absolute atomic E-state index is 13.5. The van der Waals surface area contributed by atoms with E-state index in [0.29, 0.717) is 30.4 Å². The van der Waals surface area contributed by atoms with Gasteiger partial charge in [-0.25, -0.2) is 12.8 Å². The van der Waals surface area contributed by atoms with Crippen LogP contribution in [0, 0.1) is 5.82 Å². The topological polar surface area (TPSA) is 94.2 Å². The maximum Gasteiger partial charge on any atom is 0.264 e. The molecule has 3 aromatic rings. The van der Waals surface area contributed by atoms with Gasteiger partial charge in [0.1, 0.15) is 18.1 Å². The van der Waals surface area contributed by atoms with E-state index in [9.17, 15) is 17.6 Å². The zero-order valence-electron chi connectivity index (χ0n) is 18.4. The van der Waals surface area contributed by atoms with E-state index in [1.165, 1.54) is 13.2 Å². The van der Waals surface area contributed by atoms with Gasteiger partial charge in [-0.05, 0) is 48.5 Å². The third-order valence-electron chi connectivity index (χ3n) is 5.07. The lowest BCUT2D eigenvalue weighted by Crippen LogP contribution is -2.38. The van der Waals surface area contributed by atoms with E-state index in [4.69, 9.17) is 14.2 Å². The van der Waals surface area contributed by atoms with Crippen LogP contribution in [0.15, 0.2) is 71.6 Å². The van der Waals surface area contributed by atoms with E-state index in [0.717, 1.165) is 35.0 Å². The third-order valence-corrected chi connectivity index (χ3v) is 6.85. The fraction of sp³-hybridized carbons (Fsp3) is 0.208. The Morgan fingerprint density at radius 1 is 1.03 bits per heavy atom. The van der Waals surface area contributed by atoms with Crippen LogP contribution in [0.25, 0.3) is 0 Å². The molecule has 0 fully saturated rings. The second-order valence-corrected chi connectivity index (χ2v) is 9.26. The highest BCUT2D eigenvalue weighted by atomic mass is 32.2. The van der Waals surface area contributed by atoms with Gasteiger partial charge in [-0.15, -0.1) is 0 Å². The summed E-state index contributed by atoms with van der Waals surface area (Å²) in [5.41, 5.74) is 0.594. The van der Waals surface area contributed by atoms with Crippen LogP contribution in [0.1, 0.15) is 6.42 Å². The molecule has 34 heavy (non-hydrogen) atoms. The lowest BCUT2D eigenvalue weighted by atomic mass is 10.2. The highest BCUT2D eigenvalue weighted by Gasteiger charge is 2.29. The van der Waals surface area contributed by atoms with Crippen LogP contribution >= 0.6 is 0 Å². The van der Waals surface area contributed by atoms with Crippen molar-refractivity contribution in [3.8, 4) is 17.2 Å². The number of rotatable bonds is 7. The van der Waals surface area contributed by atoms with Gasteiger partial charge in [-0.3, -0.25) is 9.10 Å². The average molecular weight is 487 g/mol. The summed E-state index contributed by atoms with van der Waals surface area (Å²) in [7, 11) is -2.83. The molecule has 0 bridgehead atoms. The molecule has 10 heteroatoms. The van der Waals surface area contributed by atoms with Gasteiger partial charge in [-0.2, -0.15) is 0 Å². The number of sulfonamides is 1. The Kier molecular flexibility index (Phi) is 6.87. The van der Waals surface area contributed by atoms with Gasteiger partial charge >= 0.3 is 0 Å². The fourth-order valence-corrected chi connectivity index (χ4v) is 4.87. The molecule has 4 rings (SSSR count). The molecule has 0 saturated heterocycles. The lowest BCUT2D eigenvalue weighted by molar-refractivity contribution is -0.114. The second kappa shape index (κ2) is 10.0. The van der Waals surface area contributed by atoms with Crippen molar-refractivity contribution in [3.63, 3.8) is 0 Å². The molecule has 1 aliphatic heterocycles. The number of hydrogen-bond acceptors (Lipinski definition) is 6. The van der Waals surface area contributed by atoms with Crippen LogP contribution < -0.4 is 23.8 Å². The standard InChI is InChI=1S/C24H23FN2O6S/c1-31-21-6-3-2-5-20(21)27(34(29,30)19-10-7-17(25)8-11-19)16-24(28)26-18-9-12-22-23(15-18)33-14-4-13-32-22/h2-3,5-12,15H,4,13-14,16H2,1H3,(H,26,28). The van der Waals surface area contributed by atoms with Crippen LogP contribution in [0.2, 0.25) is 0 Å². The first kappa shape index (κ1) is 23.4. The molecule has 0 aliphatic carbocycles. The molecule has 0 saturated carbocycles. The molecule has 0 unspecified atom stereocenters. The number of halogens is 1. The van der Waals surface area contributed by atoms with Crippen molar-refractivity contribution in [1.29, 1.82) is 0 Å². The summed E-state index contributed by atoms with van der Waals surface area (Å²) in [6.45, 7) is 0.476. The molecule has 0 aromatic heterocycles. The van der Waals surface area contributed by atoms with E-state index in [1.807, 2.05) is 0 Å². The molecule has 3 aromatic carbocycles. The normalized spacial score (nSPS) is 13.0. The summed E-state index contributed by atoms with van der Waals surface area (Å²) >= 11 is 0. The molecule has 8 nitrogen and oxygen atoms in total. The first-order valence-electron chi connectivity index (χ1n) is 10.5. The number of fused-ring (bicyclic) bond motifs is 1. The Labute approximate surface area is 196 Å². The van der Waals surface area contributed by atoms with Crippen molar-refractivity contribution in [2.45, 2.75) is 11.3 Å². The van der Waals surface area contributed by atoms with E-state index < -0.39 is 28.3 Å². The molecule has 0 spiro atoms. The number of carbonyl (C=O) groups excluding carboxylic acids is 1. The Morgan fingerprint density at radius 2 is 1.74 bits per heavy atom. The molecular formula is C24H23FN2O6S. The Balaban J connectivity index is 1.64. The number of ether oxygens (including phenoxy) is 3. The third kappa shape index (κ3) is 5.07. The van der Waals surface area contributed by atoms with E-state index >= 15 is 0 Å². The minimum atomic E-state index is -4.23. The van der Waals surface area contributed by atoms with Crippen LogP contribution in [0.3, 0.4) is 0 Å². The summed E-state index contributed by atoms with van der Waals surface area (Å²) in [6, 6.07) is 15.8. The molecule has 1 N–H and O–H groups in total. The van der Waals surface area contributed by atoms with Gasteiger partial charge in [0.25, 0.3) is 10.0 Å². The number of nitrogens with zero attached hydrogens (tertiary/aromatic N) is 1. The number of amides is 1. The maximum atomic E-state index is 13.5. The van der Waals surface area contributed by atoms with Crippen molar-refractivity contribution < 1.29 is 31.8 Å². The highest BCUT2D eigenvalue weighted by Crippen LogP contribution is 2.34. The van der Waals surface area contributed by atoms with Crippen LogP contribution in [-0.4, -0.2) is 41.2 Å². The van der Waals surface area contributed by atoms with Crippen molar-refractivity contribution in [1.82, 2.24) is 0 Å². The van der Waals surface area contributed by atoms with E-state index in [2.05, 4.69) is 5.32 Å². The molecule has 178 valence electrons. The monoisotopic (exact) mass is 486 g/mol. The van der Waals surface area contributed by atoms with Gasteiger partial charge in [0, 0.05) is 18.2 Å². The molecule has 1 heterocycles. The first-order chi connectivity index (χ1) is 16.4. The average Bonchev–Trinajstić information content (AvgIpc) is 3.08. The van der Waals surface area contributed by atoms with Crippen molar-refractivity contribution in [2.24, 2.45) is 0 Å². The number of benzene rings is 3. The van der Waals surface area contributed by atoms with Crippen molar-refractivity contribution in [3.05, 3.63) is 72.5 Å². The summed E-state index contributed by atoms with van der Waals surface area (Å²) < 4.78 is 57.8. The number of para-hydroxylation sites is 2. The molecule has 0 radical (unpaired) electrons. The number of anilines is 2. The van der Waals surface area contributed by atoms with E-state index in [1.54, 1.807) is 36.4 Å². The Bertz CT molecular complexity index is 1280. The number of nitrogens with one attached hydrogen (secondary N) is 1. The number of methoxy groups -OCH3 is 1. The van der Waals surface area contributed by atoms with Crippen molar-refractivity contribution in [2.75, 3.05) is 36.5 Å². The first-order valence-corrected chi connectivity index (χ1v) is 11.9. The zero-order chi connectivity index (χ0) is 24.1. The predicted molar refractivity (Wildman–Crippen MR) is 125 cm³/mol. The highest BCUT2D eigenvalue weighted by molar-refractivity contribution is 7.92. The smallest absolute Gasteiger partial charge is 0.264 e. The summed E-state index contributed by atoms with van der Waals surface area (Å²) in [6.07, 6.45) is 0.742. The fourth-order valence-electron chi connectivity index (χ4n) is 3.44. The molecular weight excluding hydrogens is 463 g/mol. The molecule has 0 atom stereocenters.